The molecule has 160 valence electrons. The Hall–Kier alpha value is -2.11. The number of phenolic OH excluding ortho intramolecular Hbond substituents is 1. The molecule has 1 rings (SSSR count). The second-order valence-corrected chi connectivity index (χ2v) is 7.19. The molecule has 6 nitrogen and oxygen atoms in total. The van der Waals surface area contributed by atoms with Crippen LogP contribution >= 0.6 is 0 Å². The maximum absolute atomic E-state index is 11.5. The monoisotopic (exact) mass is 396 g/mol. The van der Waals surface area contributed by atoms with E-state index in [1.54, 1.807) is 6.92 Å². The molecular formula is C22H36O6. The molecule has 0 spiro atoms. The van der Waals surface area contributed by atoms with Gasteiger partial charge in [-0.3, -0.25) is 0 Å². The first-order valence-corrected chi connectivity index (χ1v) is 10.5. The third-order valence-electron chi connectivity index (χ3n) is 4.80. The van der Waals surface area contributed by atoms with Crippen molar-refractivity contribution < 1.29 is 29.6 Å². The SMILES string of the molecule is CCCCCCCOc1c(C)c(C(=O)O)c(O)c(O)c1OCCCCCCC. The van der Waals surface area contributed by atoms with Gasteiger partial charge >= 0.3 is 5.97 Å². The zero-order valence-corrected chi connectivity index (χ0v) is 17.6. The first kappa shape index (κ1) is 23.9. The molecule has 0 aliphatic heterocycles. The van der Waals surface area contributed by atoms with Crippen molar-refractivity contribution in [2.45, 2.75) is 85.0 Å². The number of hydrogen-bond acceptors (Lipinski definition) is 5. The highest BCUT2D eigenvalue weighted by Crippen LogP contribution is 2.48. The van der Waals surface area contributed by atoms with Crippen LogP contribution in [-0.2, 0) is 0 Å². The molecule has 0 fully saturated rings. The van der Waals surface area contributed by atoms with E-state index >= 15 is 0 Å². The van der Waals surface area contributed by atoms with Crippen LogP contribution in [0.4, 0.5) is 0 Å². The van der Waals surface area contributed by atoms with Crippen LogP contribution in [0.2, 0.25) is 0 Å². The third-order valence-corrected chi connectivity index (χ3v) is 4.80. The van der Waals surface area contributed by atoms with Crippen LogP contribution in [0.5, 0.6) is 23.0 Å². The summed E-state index contributed by atoms with van der Waals surface area (Å²) in [5, 5.41) is 29.8. The Morgan fingerprint density at radius 3 is 1.68 bits per heavy atom. The summed E-state index contributed by atoms with van der Waals surface area (Å²) in [7, 11) is 0. The van der Waals surface area contributed by atoms with E-state index in [-0.39, 0.29) is 22.6 Å². The molecule has 0 saturated carbocycles. The standard InChI is InChI=1S/C22H36O6/c1-4-6-8-10-12-14-27-20-16(3)17(22(25)26)18(23)19(24)21(20)28-15-13-11-9-7-5-2/h23-24H,4-15H2,1-3H3,(H,25,26). The number of benzene rings is 1. The molecule has 0 aliphatic rings. The summed E-state index contributed by atoms with van der Waals surface area (Å²) < 4.78 is 11.5. The molecule has 0 amide bonds. The van der Waals surface area contributed by atoms with Crippen molar-refractivity contribution in [3.63, 3.8) is 0 Å². The van der Waals surface area contributed by atoms with E-state index in [0.29, 0.717) is 13.2 Å². The van der Waals surface area contributed by atoms with E-state index in [0.717, 1.165) is 51.4 Å². The lowest BCUT2D eigenvalue weighted by Gasteiger charge is -2.19. The molecule has 0 unspecified atom stereocenters. The third kappa shape index (κ3) is 7.13. The number of unbranched alkanes of at least 4 members (excludes halogenated alkanes) is 8. The molecule has 0 saturated heterocycles. The highest BCUT2D eigenvalue weighted by molar-refractivity contribution is 5.95. The fourth-order valence-electron chi connectivity index (χ4n) is 3.12. The topological polar surface area (TPSA) is 96.2 Å². The van der Waals surface area contributed by atoms with Gasteiger partial charge in [0.1, 0.15) is 5.56 Å². The summed E-state index contributed by atoms with van der Waals surface area (Å²) in [4.78, 5) is 11.5. The molecule has 6 heteroatoms. The number of aromatic carboxylic acids is 1. The zero-order valence-electron chi connectivity index (χ0n) is 17.6. The average Bonchev–Trinajstić information content (AvgIpc) is 2.66. The molecule has 3 N–H and O–H groups in total. The first-order chi connectivity index (χ1) is 13.5. The first-order valence-electron chi connectivity index (χ1n) is 10.5. The van der Waals surface area contributed by atoms with Gasteiger partial charge in [-0.25, -0.2) is 4.79 Å². The van der Waals surface area contributed by atoms with E-state index in [1.165, 1.54) is 12.8 Å². The maximum Gasteiger partial charge on any atom is 0.340 e. The van der Waals surface area contributed by atoms with Crippen molar-refractivity contribution >= 4 is 5.97 Å². The van der Waals surface area contributed by atoms with Gasteiger partial charge in [-0.05, 0) is 19.8 Å². The number of rotatable bonds is 15. The molecule has 1 aromatic rings. The molecule has 28 heavy (non-hydrogen) atoms. The number of aromatic hydroxyl groups is 2. The zero-order chi connectivity index (χ0) is 20.9. The summed E-state index contributed by atoms with van der Waals surface area (Å²) in [6.45, 7) is 6.63. The summed E-state index contributed by atoms with van der Waals surface area (Å²) in [6, 6.07) is 0. The predicted octanol–water partition coefficient (Wildman–Crippen LogP) is 5.80. The largest absolute Gasteiger partial charge is 0.504 e. The van der Waals surface area contributed by atoms with Gasteiger partial charge in [0.15, 0.2) is 11.5 Å². The number of phenols is 2. The van der Waals surface area contributed by atoms with Crippen LogP contribution in [0, 0.1) is 6.92 Å². The van der Waals surface area contributed by atoms with Crippen LogP contribution in [0.1, 0.15) is 94.0 Å². The molecule has 0 atom stereocenters. The number of carbonyl (C=O) groups is 1. The van der Waals surface area contributed by atoms with Gasteiger partial charge in [-0.2, -0.15) is 0 Å². The van der Waals surface area contributed by atoms with Crippen molar-refractivity contribution in [3.05, 3.63) is 11.1 Å². The van der Waals surface area contributed by atoms with Crippen molar-refractivity contribution in [2.75, 3.05) is 13.2 Å². The summed E-state index contributed by atoms with van der Waals surface area (Å²) in [6.07, 6.45) is 10.6. The highest BCUT2D eigenvalue weighted by Gasteiger charge is 2.27. The average molecular weight is 397 g/mol. The minimum Gasteiger partial charge on any atom is -0.504 e. The van der Waals surface area contributed by atoms with Gasteiger partial charge in [0.25, 0.3) is 0 Å². The van der Waals surface area contributed by atoms with E-state index < -0.39 is 17.5 Å². The van der Waals surface area contributed by atoms with Gasteiger partial charge in [0.05, 0.1) is 13.2 Å². The number of ether oxygens (including phenoxy) is 2. The van der Waals surface area contributed by atoms with E-state index in [9.17, 15) is 20.1 Å². The molecular weight excluding hydrogens is 360 g/mol. The second-order valence-electron chi connectivity index (χ2n) is 7.19. The number of hydrogen-bond donors (Lipinski definition) is 3. The quantitative estimate of drug-likeness (QED) is 0.256. The van der Waals surface area contributed by atoms with E-state index in [4.69, 9.17) is 9.47 Å². The Bertz CT molecular complexity index is 612. The molecule has 1 aromatic carbocycles. The minimum absolute atomic E-state index is 0.0315. The van der Waals surface area contributed by atoms with Crippen molar-refractivity contribution in [1.82, 2.24) is 0 Å². The molecule has 0 radical (unpaired) electrons. The molecule has 0 aliphatic carbocycles. The number of carboxylic acids is 1. The fourth-order valence-corrected chi connectivity index (χ4v) is 3.12. The smallest absolute Gasteiger partial charge is 0.340 e. The molecule has 0 aromatic heterocycles. The Morgan fingerprint density at radius 2 is 1.21 bits per heavy atom. The van der Waals surface area contributed by atoms with Crippen molar-refractivity contribution in [3.8, 4) is 23.0 Å². The van der Waals surface area contributed by atoms with Crippen LogP contribution in [0.3, 0.4) is 0 Å². The summed E-state index contributed by atoms with van der Waals surface area (Å²) >= 11 is 0. The van der Waals surface area contributed by atoms with E-state index in [1.807, 2.05) is 0 Å². The van der Waals surface area contributed by atoms with Gasteiger partial charge in [0, 0.05) is 5.56 Å². The lowest BCUT2D eigenvalue weighted by atomic mass is 10.0. The lowest BCUT2D eigenvalue weighted by Crippen LogP contribution is -2.09. The van der Waals surface area contributed by atoms with Crippen LogP contribution in [-0.4, -0.2) is 34.5 Å². The Labute approximate surface area is 168 Å². The molecule has 0 bridgehead atoms. The Morgan fingerprint density at radius 1 is 0.750 bits per heavy atom. The number of carboxylic acid groups (broad SMARTS) is 1. The Kier molecular flexibility index (Phi) is 11.2. The van der Waals surface area contributed by atoms with Gasteiger partial charge in [-0.1, -0.05) is 65.2 Å². The molecule has 0 heterocycles. The Balaban J connectivity index is 2.89. The lowest BCUT2D eigenvalue weighted by molar-refractivity contribution is 0.0691. The predicted molar refractivity (Wildman–Crippen MR) is 110 cm³/mol. The van der Waals surface area contributed by atoms with Gasteiger partial charge in [0.2, 0.25) is 11.5 Å². The summed E-state index contributed by atoms with van der Waals surface area (Å²) in [5.74, 6) is -2.33. The van der Waals surface area contributed by atoms with Gasteiger partial charge < -0.3 is 24.8 Å². The van der Waals surface area contributed by atoms with Crippen molar-refractivity contribution in [2.24, 2.45) is 0 Å². The normalized spacial score (nSPS) is 10.8. The summed E-state index contributed by atoms with van der Waals surface area (Å²) in [5.41, 5.74) is -0.0916. The minimum atomic E-state index is -1.32. The fraction of sp³-hybridized carbons (Fsp3) is 0.682. The second kappa shape index (κ2) is 13.1. The van der Waals surface area contributed by atoms with Crippen LogP contribution in [0.15, 0.2) is 0 Å². The van der Waals surface area contributed by atoms with Crippen LogP contribution in [0.25, 0.3) is 0 Å². The van der Waals surface area contributed by atoms with Crippen LogP contribution < -0.4 is 9.47 Å². The van der Waals surface area contributed by atoms with E-state index in [2.05, 4.69) is 13.8 Å². The van der Waals surface area contributed by atoms with Gasteiger partial charge in [-0.15, -0.1) is 0 Å². The highest BCUT2D eigenvalue weighted by atomic mass is 16.5. The van der Waals surface area contributed by atoms with Crippen molar-refractivity contribution in [1.29, 1.82) is 0 Å². The maximum atomic E-state index is 11.5.